The fourth-order valence-electron chi connectivity index (χ4n) is 2.68. The SMILES string of the molecule is Fc1cccc2[nH]c(CCC3CCCNC3)nc12. The standard InChI is InChI=1S/C14H18FN3/c15-11-4-1-5-12-14(11)18-13(17-12)7-6-10-3-2-8-16-9-10/h1,4-5,10,16H,2-3,6-9H2,(H,17,18). The number of aromatic nitrogens is 2. The summed E-state index contributed by atoms with van der Waals surface area (Å²) in [6.07, 6.45) is 4.58. The van der Waals surface area contributed by atoms with Gasteiger partial charge >= 0.3 is 0 Å². The average Bonchev–Trinajstić information content (AvgIpc) is 2.82. The maximum absolute atomic E-state index is 13.5. The predicted molar refractivity (Wildman–Crippen MR) is 70.0 cm³/mol. The lowest BCUT2D eigenvalue weighted by atomic mass is 9.95. The lowest BCUT2D eigenvalue weighted by Gasteiger charge is -2.22. The number of nitrogens with zero attached hydrogens (tertiary/aromatic N) is 1. The minimum absolute atomic E-state index is 0.241. The second-order valence-electron chi connectivity index (χ2n) is 5.07. The highest BCUT2D eigenvalue weighted by molar-refractivity contribution is 5.75. The Hall–Kier alpha value is -1.42. The van der Waals surface area contributed by atoms with Crippen LogP contribution < -0.4 is 5.32 Å². The highest BCUT2D eigenvalue weighted by Crippen LogP contribution is 2.19. The number of rotatable bonds is 3. The number of aromatic amines is 1. The van der Waals surface area contributed by atoms with Crippen molar-refractivity contribution >= 4 is 11.0 Å². The topological polar surface area (TPSA) is 40.7 Å². The molecule has 2 N–H and O–H groups in total. The van der Waals surface area contributed by atoms with Crippen molar-refractivity contribution in [2.45, 2.75) is 25.7 Å². The number of H-pyrrole nitrogens is 1. The Morgan fingerprint density at radius 2 is 2.33 bits per heavy atom. The third kappa shape index (κ3) is 2.38. The number of piperidine rings is 1. The van der Waals surface area contributed by atoms with E-state index in [1.165, 1.54) is 18.9 Å². The number of para-hydroxylation sites is 1. The van der Waals surface area contributed by atoms with Crippen LogP contribution in [0.3, 0.4) is 0 Å². The molecule has 1 aromatic carbocycles. The van der Waals surface area contributed by atoms with Gasteiger partial charge in [-0.15, -0.1) is 0 Å². The first kappa shape index (κ1) is 11.7. The Morgan fingerprint density at radius 3 is 3.11 bits per heavy atom. The largest absolute Gasteiger partial charge is 0.342 e. The van der Waals surface area contributed by atoms with Crippen LogP contribution in [0.15, 0.2) is 18.2 Å². The summed E-state index contributed by atoms with van der Waals surface area (Å²) < 4.78 is 13.5. The number of halogens is 1. The normalized spacial score (nSPS) is 20.4. The number of nitrogens with one attached hydrogen (secondary N) is 2. The lowest BCUT2D eigenvalue weighted by Crippen LogP contribution is -2.29. The molecule has 4 heteroatoms. The smallest absolute Gasteiger partial charge is 0.151 e. The molecule has 0 radical (unpaired) electrons. The molecule has 96 valence electrons. The number of benzene rings is 1. The first-order valence-corrected chi connectivity index (χ1v) is 6.67. The molecule has 0 aliphatic carbocycles. The summed E-state index contributed by atoms with van der Waals surface area (Å²) in [5.41, 5.74) is 1.26. The van der Waals surface area contributed by atoms with Gasteiger partial charge in [0, 0.05) is 6.42 Å². The van der Waals surface area contributed by atoms with Crippen LogP contribution in [0.25, 0.3) is 11.0 Å². The van der Waals surface area contributed by atoms with E-state index in [4.69, 9.17) is 0 Å². The van der Waals surface area contributed by atoms with Crippen LogP contribution in [0, 0.1) is 11.7 Å². The van der Waals surface area contributed by atoms with Crippen LogP contribution in [0.1, 0.15) is 25.1 Å². The number of fused-ring (bicyclic) bond motifs is 1. The average molecular weight is 247 g/mol. The predicted octanol–water partition coefficient (Wildman–Crippen LogP) is 2.63. The Kier molecular flexibility index (Phi) is 3.28. The van der Waals surface area contributed by atoms with Crippen LogP contribution in [0.5, 0.6) is 0 Å². The van der Waals surface area contributed by atoms with Gasteiger partial charge in [0.2, 0.25) is 0 Å². The van der Waals surface area contributed by atoms with Gasteiger partial charge in [-0.2, -0.15) is 0 Å². The minimum Gasteiger partial charge on any atom is -0.342 e. The maximum atomic E-state index is 13.5. The quantitative estimate of drug-likeness (QED) is 0.875. The first-order chi connectivity index (χ1) is 8.83. The Labute approximate surface area is 106 Å². The van der Waals surface area contributed by atoms with Crippen molar-refractivity contribution in [1.29, 1.82) is 0 Å². The van der Waals surface area contributed by atoms with Crippen LogP contribution in [-0.2, 0) is 6.42 Å². The number of hydrogen-bond acceptors (Lipinski definition) is 2. The molecule has 0 bridgehead atoms. The summed E-state index contributed by atoms with van der Waals surface area (Å²) in [7, 11) is 0. The van der Waals surface area contributed by atoms with E-state index in [1.807, 2.05) is 6.07 Å². The minimum atomic E-state index is -0.241. The summed E-state index contributed by atoms with van der Waals surface area (Å²) >= 11 is 0. The molecule has 0 spiro atoms. The van der Waals surface area contributed by atoms with Gasteiger partial charge in [0.15, 0.2) is 5.82 Å². The molecule has 3 nitrogen and oxygen atoms in total. The van der Waals surface area contributed by atoms with Crippen molar-refractivity contribution in [3.05, 3.63) is 29.8 Å². The fraction of sp³-hybridized carbons (Fsp3) is 0.500. The highest BCUT2D eigenvalue weighted by atomic mass is 19.1. The third-order valence-electron chi connectivity index (χ3n) is 3.70. The van der Waals surface area contributed by atoms with E-state index in [2.05, 4.69) is 15.3 Å². The van der Waals surface area contributed by atoms with Gasteiger partial charge in [0.05, 0.1) is 5.52 Å². The van der Waals surface area contributed by atoms with Gasteiger partial charge in [-0.3, -0.25) is 0 Å². The zero-order valence-electron chi connectivity index (χ0n) is 10.4. The lowest BCUT2D eigenvalue weighted by molar-refractivity contribution is 0.356. The van der Waals surface area contributed by atoms with Crippen LogP contribution in [0.2, 0.25) is 0 Å². The van der Waals surface area contributed by atoms with Crippen LogP contribution in [0.4, 0.5) is 4.39 Å². The van der Waals surface area contributed by atoms with E-state index in [1.54, 1.807) is 6.07 Å². The van der Waals surface area contributed by atoms with Crippen molar-refractivity contribution < 1.29 is 4.39 Å². The van der Waals surface area contributed by atoms with E-state index in [9.17, 15) is 4.39 Å². The summed E-state index contributed by atoms with van der Waals surface area (Å²) in [5.74, 6) is 1.40. The summed E-state index contributed by atoms with van der Waals surface area (Å²) in [6, 6.07) is 5.04. The number of imidazole rings is 1. The van der Waals surface area contributed by atoms with Gasteiger partial charge in [-0.05, 0) is 50.4 Å². The highest BCUT2D eigenvalue weighted by Gasteiger charge is 2.14. The second kappa shape index (κ2) is 5.06. The van der Waals surface area contributed by atoms with Gasteiger partial charge in [-0.25, -0.2) is 9.37 Å². The van der Waals surface area contributed by atoms with Crippen molar-refractivity contribution in [2.75, 3.05) is 13.1 Å². The van der Waals surface area contributed by atoms with E-state index >= 15 is 0 Å². The van der Waals surface area contributed by atoms with Crippen LogP contribution >= 0.6 is 0 Å². The van der Waals surface area contributed by atoms with E-state index in [0.29, 0.717) is 5.52 Å². The molecule has 18 heavy (non-hydrogen) atoms. The molecule has 1 fully saturated rings. The molecule has 3 rings (SSSR count). The zero-order valence-corrected chi connectivity index (χ0v) is 10.4. The van der Waals surface area contributed by atoms with Crippen molar-refractivity contribution in [1.82, 2.24) is 15.3 Å². The van der Waals surface area contributed by atoms with Crippen molar-refractivity contribution in [3.8, 4) is 0 Å². The molecule has 2 aromatic rings. The Balaban J connectivity index is 1.69. The third-order valence-corrected chi connectivity index (χ3v) is 3.70. The monoisotopic (exact) mass is 247 g/mol. The van der Waals surface area contributed by atoms with Crippen molar-refractivity contribution in [2.24, 2.45) is 5.92 Å². The molecule has 1 saturated heterocycles. The Morgan fingerprint density at radius 1 is 1.39 bits per heavy atom. The van der Waals surface area contributed by atoms with Crippen molar-refractivity contribution in [3.63, 3.8) is 0 Å². The molecule has 1 aliphatic heterocycles. The van der Waals surface area contributed by atoms with Gasteiger partial charge in [-0.1, -0.05) is 6.07 Å². The van der Waals surface area contributed by atoms with E-state index < -0.39 is 0 Å². The van der Waals surface area contributed by atoms with Gasteiger partial charge in [0.25, 0.3) is 0 Å². The second-order valence-corrected chi connectivity index (χ2v) is 5.07. The molecule has 1 unspecified atom stereocenters. The molecular formula is C14H18FN3. The molecule has 1 aliphatic rings. The summed E-state index contributed by atoms with van der Waals surface area (Å²) in [5, 5.41) is 3.42. The summed E-state index contributed by atoms with van der Waals surface area (Å²) in [6.45, 7) is 2.25. The van der Waals surface area contributed by atoms with Gasteiger partial charge < -0.3 is 10.3 Å². The first-order valence-electron chi connectivity index (χ1n) is 6.67. The number of aryl methyl sites for hydroxylation is 1. The number of hydrogen-bond donors (Lipinski definition) is 2. The fourth-order valence-corrected chi connectivity index (χ4v) is 2.68. The molecule has 1 atom stereocenters. The maximum Gasteiger partial charge on any atom is 0.151 e. The molecule has 1 aromatic heterocycles. The van der Waals surface area contributed by atoms with E-state index in [0.717, 1.165) is 43.2 Å². The molecular weight excluding hydrogens is 229 g/mol. The zero-order chi connectivity index (χ0) is 12.4. The van der Waals surface area contributed by atoms with Gasteiger partial charge in [0.1, 0.15) is 11.3 Å². The van der Waals surface area contributed by atoms with E-state index in [-0.39, 0.29) is 5.82 Å². The molecule has 0 saturated carbocycles. The molecule has 2 heterocycles. The van der Waals surface area contributed by atoms with Crippen LogP contribution in [-0.4, -0.2) is 23.1 Å². The Bertz CT molecular complexity index is 529. The molecule has 0 amide bonds. The summed E-state index contributed by atoms with van der Waals surface area (Å²) in [4.78, 5) is 7.55.